The van der Waals surface area contributed by atoms with E-state index in [1.807, 2.05) is 0 Å². The number of ether oxygens (including phenoxy) is 1. The summed E-state index contributed by atoms with van der Waals surface area (Å²) in [5.41, 5.74) is 3.21. The molecule has 0 aromatic carbocycles. The predicted molar refractivity (Wildman–Crippen MR) is 153 cm³/mol. The van der Waals surface area contributed by atoms with E-state index in [2.05, 4.69) is 42.7 Å². The van der Waals surface area contributed by atoms with Crippen LogP contribution in [0.15, 0.2) is 40.0 Å². The summed E-state index contributed by atoms with van der Waals surface area (Å²) in [6, 6.07) is 0. The van der Waals surface area contributed by atoms with Crippen LogP contribution in [0, 0.1) is 17.3 Å². The van der Waals surface area contributed by atoms with E-state index >= 15 is 0 Å². The van der Waals surface area contributed by atoms with E-state index in [1.165, 1.54) is 38.2 Å². The Morgan fingerprint density at radius 1 is 1.25 bits per heavy atom. The summed E-state index contributed by atoms with van der Waals surface area (Å²) in [5, 5.41) is 24.5. The third kappa shape index (κ3) is 5.87. The Balaban J connectivity index is 1.23. The molecular weight excluding hydrogens is 504 g/mol. The van der Waals surface area contributed by atoms with Crippen LogP contribution in [-0.4, -0.2) is 44.6 Å². The van der Waals surface area contributed by atoms with Crippen molar-refractivity contribution in [2.24, 2.45) is 17.3 Å². The van der Waals surface area contributed by atoms with Gasteiger partial charge in [0.15, 0.2) is 5.82 Å². The summed E-state index contributed by atoms with van der Waals surface area (Å²) in [5.74, 6) is 2.37. The number of aliphatic hydroxyl groups is 2. The SMILES string of the molecule is C=C1/C(=C\C=C2/CCCC3(C)C(CCCC(OC(C)=O)C4(c5nc(CCC)no5)CC4)CCC23)C[C@@H](O)C[C@@H]1O. The lowest BCUT2D eigenvalue weighted by atomic mass is 9.62. The summed E-state index contributed by atoms with van der Waals surface area (Å²) >= 11 is 0. The summed E-state index contributed by atoms with van der Waals surface area (Å²) < 4.78 is 11.6. The van der Waals surface area contributed by atoms with E-state index in [9.17, 15) is 15.0 Å². The molecule has 1 aromatic heterocycles. The molecule has 1 aromatic rings. The molecule has 0 bridgehead atoms. The van der Waals surface area contributed by atoms with Gasteiger partial charge >= 0.3 is 5.97 Å². The maximum atomic E-state index is 12.1. The second-order valence-corrected chi connectivity index (χ2v) is 13.2. The van der Waals surface area contributed by atoms with Crippen LogP contribution in [0.25, 0.3) is 0 Å². The first kappa shape index (κ1) is 29.2. The van der Waals surface area contributed by atoms with Crippen molar-refractivity contribution in [3.8, 4) is 0 Å². The van der Waals surface area contributed by atoms with Gasteiger partial charge in [-0.05, 0) is 105 Å². The number of carbonyl (C=O) groups excluding carboxylic acids is 1. The Morgan fingerprint density at radius 3 is 2.77 bits per heavy atom. The number of hydrogen-bond acceptors (Lipinski definition) is 7. The third-order valence-electron chi connectivity index (χ3n) is 10.5. The minimum absolute atomic E-state index is 0.215. The monoisotopic (exact) mass is 552 g/mol. The van der Waals surface area contributed by atoms with E-state index in [1.54, 1.807) is 0 Å². The Labute approximate surface area is 239 Å². The van der Waals surface area contributed by atoms with Gasteiger partial charge in [0.05, 0.1) is 17.6 Å². The molecule has 2 N–H and O–H groups in total. The molecule has 1 heterocycles. The van der Waals surface area contributed by atoms with Crippen molar-refractivity contribution in [2.75, 3.05) is 0 Å². The van der Waals surface area contributed by atoms with Gasteiger partial charge in [-0.2, -0.15) is 4.98 Å². The number of hydrogen-bond donors (Lipinski definition) is 2. The van der Waals surface area contributed by atoms with Gasteiger partial charge < -0.3 is 19.5 Å². The number of aliphatic hydroxyl groups excluding tert-OH is 2. The van der Waals surface area contributed by atoms with Crippen LogP contribution in [0.3, 0.4) is 0 Å². The lowest BCUT2D eigenvalue weighted by molar-refractivity contribution is -0.149. The first-order valence-corrected chi connectivity index (χ1v) is 15.6. The zero-order chi connectivity index (χ0) is 28.5. The summed E-state index contributed by atoms with van der Waals surface area (Å²) in [6.07, 6.45) is 16.6. The molecule has 0 radical (unpaired) electrons. The first-order valence-electron chi connectivity index (χ1n) is 15.6. The third-order valence-corrected chi connectivity index (χ3v) is 10.5. The molecule has 0 saturated heterocycles. The van der Waals surface area contributed by atoms with Crippen molar-refractivity contribution >= 4 is 5.97 Å². The average molecular weight is 553 g/mol. The fourth-order valence-corrected chi connectivity index (χ4v) is 8.07. The first-order chi connectivity index (χ1) is 19.2. The Bertz CT molecular complexity index is 1150. The lowest BCUT2D eigenvalue weighted by Crippen LogP contribution is -2.34. The number of aryl methyl sites for hydroxylation is 1. The van der Waals surface area contributed by atoms with Gasteiger partial charge in [0.1, 0.15) is 6.10 Å². The van der Waals surface area contributed by atoms with Crippen molar-refractivity contribution in [1.29, 1.82) is 0 Å². The van der Waals surface area contributed by atoms with E-state index in [0.29, 0.717) is 30.6 Å². The molecule has 5 rings (SSSR count). The molecule has 4 aliphatic rings. The number of rotatable bonds is 10. The highest BCUT2D eigenvalue weighted by atomic mass is 16.5. The second-order valence-electron chi connectivity index (χ2n) is 13.2. The highest BCUT2D eigenvalue weighted by Crippen LogP contribution is 2.59. The van der Waals surface area contributed by atoms with Gasteiger partial charge in [-0.1, -0.05) is 43.3 Å². The Morgan fingerprint density at radius 2 is 2.05 bits per heavy atom. The maximum Gasteiger partial charge on any atom is 0.302 e. The van der Waals surface area contributed by atoms with Crippen LogP contribution in [0.2, 0.25) is 0 Å². The summed E-state index contributed by atoms with van der Waals surface area (Å²) in [4.78, 5) is 16.7. The number of aromatic nitrogens is 2. The standard InChI is InChI=1S/C33H48N2O5/c1-5-8-30-34-31(40-35-30)33(17-18-33)29(39-22(3)36)11-6-10-25-14-15-27-23(9-7-16-32(25,27)4)12-13-24-19-26(37)20-28(38)21(24)2/h12-13,25-29,37-38H,2,5-11,14-20H2,1,3-4H3/b23-12+,24-13-/t25?,26-,27?,28+,29?,32?/m1/s1. The van der Waals surface area contributed by atoms with Crippen molar-refractivity contribution < 1.29 is 24.3 Å². The number of esters is 1. The molecule has 4 aliphatic carbocycles. The Hall–Kier alpha value is -2.25. The van der Waals surface area contributed by atoms with Crippen LogP contribution in [0.5, 0.6) is 0 Å². The zero-order valence-electron chi connectivity index (χ0n) is 24.7. The van der Waals surface area contributed by atoms with E-state index in [4.69, 9.17) is 9.26 Å². The van der Waals surface area contributed by atoms with E-state index in [0.717, 1.165) is 68.3 Å². The highest BCUT2D eigenvalue weighted by molar-refractivity contribution is 5.66. The smallest absolute Gasteiger partial charge is 0.302 e. The minimum Gasteiger partial charge on any atom is -0.461 e. The van der Waals surface area contributed by atoms with Crippen LogP contribution in [-0.2, 0) is 21.4 Å². The molecule has 0 amide bonds. The molecule has 4 unspecified atom stereocenters. The maximum absolute atomic E-state index is 12.1. The van der Waals surface area contributed by atoms with Crippen molar-refractivity contribution in [1.82, 2.24) is 10.1 Å². The average Bonchev–Trinajstić information content (AvgIpc) is 3.45. The largest absolute Gasteiger partial charge is 0.461 e. The van der Waals surface area contributed by atoms with Gasteiger partial charge in [0.25, 0.3) is 0 Å². The van der Waals surface area contributed by atoms with Crippen LogP contribution in [0.4, 0.5) is 0 Å². The quantitative estimate of drug-likeness (QED) is 0.328. The molecule has 220 valence electrons. The van der Waals surface area contributed by atoms with Gasteiger partial charge in [-0.3, -0.25) is 4.79 Å². The zero-order valence-corrected chi connectivity index (χ0v) is 24.7. The molecule has 4 saturated carbocycles. The fraction of sp³-hybridized carbons (Fsp3) is 0.727. The normalized spacial score (nSPS) is 34.2. The molecule has 6 atom stereocenters. The summed E-state index contributed by atoms with van der Waals surface area (Å²) in [7, 11) is 0. The van der Waals surface area contributed by atoms with E-state index < -0.39 is 12.2 Å². The molecule has 7 nitrogen and oxygen atoms in total. The molecule has 0 aliphatic heterocycles. The number of carbonyl (C=O) groups is 1. The van der Waals surface area contributed by atoms with Crippen LogP contribution in [0.1, 0.15) is 116 Å². The number of fused-ring (bicyclic) bond motifs is 1. The molecular formula is C33H48N2O5. The van der Waals surface area contributed by atoms with Crippen molar-refractivity contribution in [3.05, 3.63) is 47.2 Å². The van der Waals surface area contributed by atoms with Gasteiger partial charge in [-0.25, -0.2) is 0 Å². The lowest BCUT2D eigenvalue weighted by Gasteiger charge is -2.42. The van der Waals surface area contributed by atoms with Crippen molar-refractivity contribution in [2.45, 2.75) is 134 Å². The van der Waals surface area contributed by atoms with Crippen LogP contribution >= 0.6 is 0 Å². The number of nitrogens with zero attached hydrogens (tertiary/aromatic N) is 2. The van der Waals surface area contributed by atoms with Gasteiger partial charge in [0, 0.05) is 19.8 Å². The molecule has 0 spiro atoms. The molecule has 4 fully saturated rings. The molecule has 7 heteroatoms. The topological polar surface area (TPSA) is 106 Å². The van der Waals surface area contributed by atoms with Gasteiger partial charge in [0.2, 0.25) is 5.89 Å². The minimum atomic E-state index is -0.648. The van der Waals surface area contributed by atoms with E-state index in [-0.39, 0.29) is 22.9 Å². The predicted octanol–water partition coefficient (Wildman–Crippen LogP) is 6.30. The van der Waals surface area contributed by atoms with Gasteiger partial charge in [-0.15, -0.1) is 0 Å². The number of allylic oxidation sites excluding steroid dienone is 3. The van der Waals surface area contributed by atoms with Crippen molar-refractivity contribution in [3.63, 3.8) is 0 Å². The second kappa shape index (κ2) is 11.9. The molecule has 40 heavy (non-hydrogen) atoms. The highest BCUT2D eigenvalue weighted by Gasteiger charge is 2.57. The Kier molecular flexibility index (Phi) is 8.72. The fourth-order valence-electron chi connectivity index (χ4n) is 8.07. The van der Waals surface area contributed by atoms with Crippen LogP contribution < -0.4 is 0 Å². The summed E-state index contributed by atoms with van der Waals surface area (Å²) in [6.45, 7) is 10.2.